The third-order valence-electron chi connectivity index (χ3n) is 4.22. The average Bonchev–Trinajstić information content (AvgIpc) is 2.91. The Hall–Kier alpha value is -2.59. The normalized spacial score (nSPS) is 10.7. The van der Waals surface area contributed by atoms with Gasteiger partial charge in [0.05, 0.1) is 17.8 Å². The Bertz CT molecular complexity index is 886. The second-order valence-electron chi connectivity index (χ2n) is 6.30. The first-order valence-electron chi connectivity index (χ1n) is 8.75. The molecule has 0 aliphatic rings. The Labute approximate surface area is 158 Å². The predicted octanol–water partition coefficient (Wildman–Crippen LogP) is 5.10. The highest BCUT2D eigenvalue weighted by atomic mass is 35.5. The van der Waals surface area contributed by atoms with Gasteiger partial charge in [0.25, 0.3) is 5.91 Å². The fourth-order valence-electron chi connectivity index (χ4n) is 2.91. The highest BCUT2D eigenvalue weighted by Gasteiger charge is 2.20. The largest absolute Gasteiger partial charge is 0.322 e. The van der Waals surface area contributed by atoms with Crippen molar-refractivity contribution in [3.63, 3.8) is 0 Å². The summed E-state index contributed by atoms with van der Waals surface area (Å²) in [4.78, 5) is 12.7. The molecule has 134 valence electrons. The van der Waals surface area contributed by atoms with Crippen molar-refractivity contribution in [2.75, 3.05) is 5.32 Å². The minimum atomic E-state index is -0.241. The van der Waals surface area contributed by atoms with Crippen LogP contribution in [0, 0.1) is 6.92 Å². The molecule has 0 saturated carbocycles. The van der Waals surface area contributed by atoms with E-state index in [9.17, 15) is 4.79 Å². The van der Waals surface area contributed by atoms with Crippen LogP contribution in [0.1, 0.15) is 40.5 Å². The second-order valence-corrected chi connectivity index (χ2v) is 6.65. The molecule has 0 saturated heterocycles. The van der Waals surface area contributed by atoms with Gasteiger partial charge in [-0.25, -0.2) is 4.68 Å². The first kappa shape index (κ1) is 18.2. The van der Waals surface area contributed by atoms with E-state index in [-0.39, 0.29) is 5.91 Å². The Balaban J connectivity index is 1.77. The molecule has 4 nitrogen and oxygen atoms in total. The maximum Gasteiger partial charge on any atom is 0.260 e. The van der Waals surface area contributed by atoms with Crippen molar-refractivity contribution in [2.24, 2.45) is 0 Å². The van der Waals surface area contributed by atoms with Crippen molar-refractivity contribution >= 4 is 23.2 Å². The fraction of sp³-hybridized carbons (Fsp3) is 0.238. The number of hydrogen-bond donors (Lipinski definition) is 1. The van der Waals surface area contributed by atoms with Gasteiger partial charge in [-0.15, -0.1) is 0 Å². The van der Waals surface area contributed by atoms with Gasteiger partial charge in [0, 0.05) is 5.69 Å². The Morgan fingerprint density at radius 1 is 1.08 bits per heavy atom. The summed E-state index contributed by atoms with van der Waals surface area (Å²) in [6.45, 7) is 4.47. The van der Waals surface area contributed by atoms with Crippen LogP contribution in [0.15, 0.2) is 54.6 Å². The molecule has 0 bridgehead atoms. The van der Waals surface area contributed by atoms with Crippen LogP contribution in [0.3, 0.4) is 0 Å². The second kappa shape index (κ2) is 8.19. The maximum atomic E-state index is 12.7. The van der Waals surface area contributed by atoms with E-state index >= 15 is 0 Å². The van der Waals surface area contributed by atoms with E-state index in [1.807, 2.05) is 54.6 Å². The van der Waals surface area contributed by atoms with Gasteiger partial charge < -0.3 is 5.32 Å². The molecule has 3 rings (SSSR count). The number of halogens is 1. The summed E-state index contributed by atoms with van der Waals surface area (Å²) >= 11 is 6.45. The standard InChI is InChI=1S/C21H22ClN3O/c1-3-7-16-10-12-18(13-11-16)23-21(26)19-15(2)24-25(20(19)22)14-17-8-5-4-6-9-17/h4-6,8-13H,3,7,14H2,1-2H3,(H,23,26). The van der Waals surface area contributed by atoms with E-state index < -0.39 is 0 Å². The van der Waals surface area contributed by atoms with E-state index in [1.54, 1.807) is 11.6 Å². The smallest absolute Gasteiger partial charge is 0.260 e. The zero-order chi connectivity index (χ0) is 18.5. The number of hydrogen-bond acceptors (Lipinski definition) is 2. The number of aryl methyl sites for hydroxylation is 2. The quantitative estimate of drug-likeness (QED) is 0.659. The Morgan fingerprint density at radius 3 is 2.42 bits per heavy atom. The summed E-state index contributed by atoms with van der Waals surface area (Å²) in [6, 6.07) is 17.8. The number of carbonyl (C=O) groups is 1. The van der Waals surface area contributed by atoms with Crippen LogP contribution < -0.4 is 5.32 Å². The number of nitrogens with one attached hydrogen (secondary N) is 1. The maximum absolute atomic E-state index is 12.7. The first-order valence-corrected chi connectivity index (χ1v) is 9.13. The monoisotopic (exact) mass is 367 g/mol. The number of rotatable bonds is 6. The molecule has 0 aliphatic carbocycles. The SMILES string of the molecule is CCCc1ccc(NC(=O)c2c(C)nn(Cc3ccccc3)c2Cl)cc1. The summed E-state index contributed by atoms with van der Waals surface area (Å²) in [7, 11) is 0. The van der Waals surface area contributed by atoms with Crippen LogP contribution in [0.2, 0.25) is 5.15 Å². The van der Waals surface area contributed by atoms with Crippen LogP contribution in [0.5, 0.6) is 0 Å². The van der Waals surface area contributed by atoms with Gasteiger partial charge in [0.2, 0.25) is 0 Å². The average molecular weight is 368 g/mol. The molecular weight excluding hydrogens is 346 g/mol. The van der Waals surface area contributed by atoms with Crippen molar-refractivity contribution in [1.82, 2.24) is 9.78 Å². The minimum absolute atomic E-state index is 0.241. The summed E-state index contributed by atoms with van der Waals surface area (Å²) < 4.78 is 1.66. The lowest BCUT2D eigenvalue weighted by Crippen LogP contribution is -2.13. The van der Waals surface area contributed by atoms with Crippen LogP contribution in [-0.2, 0) is 13.0 Å². The molecule has 2 aromatic carbocycles. The summed E-state index contributed by atoms with van der Waals surface area (Å²) in [5.41, 5.74) is 4.12. The van der Waals surface area contributed by atoms with Crippen LogP contribution in [-0.4, -0.2) is 15.7 Å². The number of aromatic nitrogens is 2. The molecule has 1 N–H and O–H groups in total. The molecular formula is C21H22ClN3O. The number of amides is 1. The van der Waals surface area contributed by atoms with Gasteiger partial charge in [-0.1, -0.05) is 67.4 Å². The summed E-state index contributed by atoms with van der Waals surface area (Å²) in [6.07, 6.45) is 2.13. The molecule has 0 radical (unpaired) electrons. The van der Waals surface area contributed by atoms with Gasteiger partial charge >= 0.3 is 0 Å². The highest BCUT2D eigenvalue weighted by Crippen LogP contribution is 2.22. The van der Waals surface area contributed by atoms with E-state index in [2.05, 4.69) is 17.3 Å². The van der Waals surface area contributed by atoms with E-state index in [1.165, 1.54) is 5.56 Å². The predicted molar refractivity (Wildman–Crippen MR) is 106 cm³/mol. The molecule has 3 aromatic rings. The topological polar surface area (TPSA) is 46.9 Å². The molecule has 1 heterocycles. The number of anilines is 1. The van der Waals surface area contributed by atoms with Crippen LogP contribution in [0.4, 0.5) is 5.69 Å². The zero-order valence-electron chi connectivity index (χ0n) is 15.0. The molecule has 1 amide bonds. The number of carbonyl (C=O) groups excluding carboxylic acids is 1. The molecule has 0 aliphatic heterocycles. The highest BCUT2D eigenvalue weighted by molar-refractivity contribution is 6.33. The molecule has 0 unspecified atom stereocenters. The van der Waals surface area contributed by atoms with Gasteiger partial charge in [-0.2, -0.15) is 5.10 Å². The summed E-state index contributed by atoms with van der Waals surface area (Å²) in [5, 5.41) is 7.69. The first-order chi connectivity index (χ1) is 12.6. The van der Waals surface area contributed by atoms with Crippen molar-refractivity contribution < 1.29 is 4.79 Å². The minimum Gasteiger partial charge on any atom is -0.322 e. The van der Waals surface area contributed by atoms with E-state index in [0.717, 1.165) is 24.1 Å². The fourth-order valence-corrected chi connectivity index (χ4v) is 3.23. The van der Waals surface area contributed by atoms with Crippen LogP contribution in [0.25, 0.3) is 0 Å². The molecule has 1 aromatic heterocycles. The van der Waals surface area contributed by atoms with Gasteiger partial charge in [0.1, 0.15) is 5.15 Å². The van der Waals surface area contributed by atoms with Gasteiger partial charge in [0.15, 0.2) is 0 Å². The van der Waals surface area contributed by atoms with E-state index in [0.29, 0.717) is 23.0 Å². The molecule has 0 fully saturated rings. The van der Waals surface area contributed by atoms with Crippen LogP contribution >= 0.6 is 11.6 Å². The third-order valence-corrected chi connectivity index (χ3v) is 4.60. The molecule has 0 atom stereocenters. The van der Waals surface area contributed by atoms with Crippen molar-refractivity contribution in [2.45, 2.75) is 33.2 Å². The van der Waals surface area contributed by atoms with Crippen molar-refractivity contribution in [3.05, 3.63) is 82.1 Å². The zero-order valence-corrected chi connectivity index (χ0v) is 15.8. The number of benzene rings is 2. The summed E-state index contributed by atoms with van der Waals surface area (Å²) in [5.74, 6) is -0.241. The van der Waals surface area contributed by atoms with Gasteiger partial charge in [-0.05, 0) is 36.6 Å². The lowest BCUT2D eigenvalue weighted by molar-refractivity contribution is 0.102. The molecule has 26 heavy (non-hydrogen) atoms. The Morgan fingerprint density at radius 2 is 1.77 bits per heavy atom. The number of nitrogens with zero attached hydrogens (tertiary/aromatic N) is 2. The van der Waals surface area contributed by atoms with Crippen molar-refractivity contribution in [1.29, 1.82) is 0 Å². The van der Waals surface area contributed by atoms with E-state index in [4.69, 9.17) is 11.6 Å². The molecule has 5 heteroatoms. The van der Waals surface area contributed by atoms with Crippen molar-refractivity contribution in [3.8, 4) is 0 Å². The lowest BCUT2D eigenvalue weighted by atomic mass is 10.1. The lowest BCUT2D eigenvalue weighted by Gasteiger charge is -2.07. The Kier molecular flexibility index (Phi) is 5.74. The third kappa shape index (κ3) is 4.14. The molecule has 0 spiro atoms. The van der Waals surface area contributed by atoms with Gasteiger partial charge in [-0.3, -0.25) is 4.79 Å².